The zero-order chi connectivity index (χ0) is 12.6. The van der Waals surface area contributed by atoms with Crippen molar-refractivity contribution in [2.45, 2.75) is 26.7 Å². The van der Waals surface area contributed by atoms with Crippen molar-refractivity contribution in [1.82, 2.24) is 0 Å². The first-order chi connectivity index (χ1) is 8.00. The molecule has 1 aromatic rings. The zero-order valence-corrected chi connectivity index (χ0v) is 9.99. The van der Waals surface area contributed by atoms with Gasteiger partial charge in [-0.2, -0.15) is 0 Å². The molecule has 0 aliphatic carbocycles. The van der Waals surface area contributed by atoms with Gasteiger partial charge < -0.3 is 14.9 Å². The lowest BCUT2D eigenvalue weighted by Crippen LogP contribution is -2.13. The van der Waals surface area contributed by atoms with Crippen molar-refractivity contribution in [3.63, 3.8) is 0 Å². The van der Waals surface area contributed by atoms with Crippen LogP contribution in [0.5, 0.6) is 11.5 Å². The Morgan fingerprint density at radius 2 is 2.29 bits per heavy atom. The average molecular weight is 236 g/mol. The number of hydrogen-bond donors (Lipinski definition) is 2. The Balaban J connectivity index is 2.42. The molecule has 4 nitrogen and oxygen atoms in total. The minimum atomic E-state index is -0.849. The fraction of sp³-hybridized carbons (Fsp3) is 0.462. The Labute approximate surface area is 99.8 Å². The molecule has 1 aromatic carbocycles. The van der Waals surface area contributed by atoms with Crippen LogP contribution in [-0.2, 0) is 17.6 Å². The van der Waals surface area contributed by atoms with Gasteiger partial charge in [-0.25, -0.2) is 0 Å². The maximum absolute atomic E-state index is 10.9. The molecule has 17 heavy (non-hydrogen) atoms. The molecule has 0 spiro atoms. The van der Waals surface area contributed by atoms with E-state index in [9.17, 15) is 9.90 Å². The van der Waals surface area contributed by atoms with Gasteiger partial charge in [0.05, 0.1) is 12.5 Å². The number of carbonyl (C=O) groups is 1. The lowest BCUT2D eigenvalue weighted by Gasteiger charge is -2.14. The van der Waals surface area contributed by atoms with Gasteiger partial charge >= 0.3 is 5.97 Å². The maximum Gasteiger partial charge on any atom is 0.306 e. The summed E-state index contributed by atoms with van der Waals surface area (Å²) in [6.07, 6.45) is 1.08. The molecule has 0 radical (unpaired) electrons. The van der Waals surface area contributed by atoms with Crippen molar-refractivity contribution < 1.29 is 19.7 Å². The van der Waals surface area contributed by atoms with Crippen molar-refractivity contribution in [2.24, 2.45) is 5.92 Å². The summed E-state index contributed by atoms with van der Waals surface area (Å²) in [4.78, 5) is 10.9. The first-order valence-electron chi connectivity index (χ1n) is 5.70. The number of aromatic hydroxyl groups is 1. The molecular formula is C13H16O4. The predicted molar refractivity (Wildman–Crippen MR) is 62.5 cm³/mol. The molecule has 2 N–H and O–H groups in total. The summed E-state index contributed by atoms with van der Waals surface area (Å²) in [6.45, 7) is 4.05. The van der Waals surface area contributed by atoms with Crippen LogP contribution in [0.1, 0.15) is 23.6 Å². The van der Waals surface area contributed by atoms with Gasteiger partial charge in [-0.15, -0.1) is 0 Å². The van der Waals surface area contributed by atoms with E-state index in [1.54, 1.807) is 13.8 Å². The summed E-state index contributed by atoms with van der Waals surface area (Å²) in [6, 6.07) is 1.81. The third-order valence-corrected chi connectivity index (χ3v) is 3.21. The molecule has 1 aliphatic heterocycles. The molecule has 0 fully saturated rings. The Hall–Kier alpha value is -1.71. The fourth-order valence-corrected chi connectivity index (χ4v) is 2.16. The van der Waals surface area contributed by atoms with E-state index in [1.807, 2.05) is 6.07 Å². The number of phenols is 1. The van der Waals surface area contributed by atoms with Crippen LogP contribution in [0.2, 0.25) is 0 Å². The van der Waals surface area contributed by atoms with Crippen LogP contribution in [0.15, 0.2) is 6.07 Å². The van der Waals surface area contributed by atoms with Crippen LogP contribution in [0.25, 0.3) is 0 Å². The van der Waals surface area contributed by atoms with Gasteiger partial charge in [0.1, 0.15) is 11.5 Å². The smallest absolute Gasteiger partial charge is 0.306 e. The van der Waals surface area contributed by atoms with E-state index in [4.69, 9.17) is 9.84 Å². The summed E-state index contributed by atoms with van der Waals surface area (Å²) in [5, 5.41) is 19.0. The highest BCUT2D eigenvalue weighted by Gasteiger charge is 2.24. The third kappa shape index (κ3) is 2.07. The minimum absolute atomic E-state index is 0.211. The van der Waals surface area contributed by atoms with E-state index in [2.05, 4.69) is 0 Å². The predicted octanol–water partition coefficient (Wildman–Crippen LogP) is 1.90. The van der Waals surface area contributed by atoms with Gasteiger partial charge in [0.2, 0.25) is 0 Å². The van der Waals surface area contributed by atoms with Crippen LogP contribution >= 0.6 is 0 Å². The van der Waals surface area contributed by atoms with E-state index in [0.29, 0.717) is 13.0 Å². The van der Waals surface area contributed by atoms with Gasteiger partial charge in [0.15, 0.2) is 0 Å². The Morgan fingerprint density at radius 3 is 2.94 bits per heavy atom. The zero-order valence-electron chi connectivity index (χ0n) is 9.99. The van der Waals surface area contributed by atoms with Crippen molar-refractivity contribution in [1.29, 1.82) is 0 Å². The van der Waals surface area contributed by atoms with E-state index in [1.165, 1.54) is 0 Å². The maximum atomic E-state index is 10.9. The van der Waals surface area contributed by atoms with E-state index < -0.39 is 11.9 Å². The second-order valence-corrected chi connectivity index (χ2v) is 4.54. The number of carboxylic acid groups (broad SMARTS) is 1. The number of phenolic OH excluding ortho intramolecular Hbond substituents is 1. The topological polar surface area (TPSA) is 66.8 Å². The molecule has 4 heteroatoms. The SMILES string of the molecule is Cc1cc2c(c(CC(C)C(=O)O)c1O)CCO2. The number of aliphatic carboxylic acids is 1. The van der Waals surface area contributed by atoms with Crippen LogP contribution in [0.3, 0.4) is 0 Å². The third-order valence-electron chi connectivity index (χ3n) is 3.21. The molecule has 1 heterocycles. The van der Waals surface area contributed by atoms with Crippen molar-refractivity contribution in [3.8, 4) is 11.5 Å². The molecule has 1 unspecified atom stereocenters. The van der Waals surface area contributed by atoms with Gasteiger partial charge in [0.25, 0.3) is 0 Å². The van der Waals surface area contributed by atoms with Crippen molar-refractivity contribution in [3.05, 3.63) is 22.8 Å². The highest BCUT2D eigenvalue weighted by atomic mass is 16.5. The highest BCUT2D eigenvalue weighted by Crippen LogP contribution is 2.38. The number of carboxylic acids is 1. The van der Waals surface area contributed by atoms with E-state index in [-0.39, 0.29) is 5.75 Å². The van der Waals surface area contributed by atoms with Crippen LogP contribution in [-0.4, -0.2) is 22.8 Å². The highest BCUT2D eigenvalue weighted by molar-refractivity contribution is 5.70. The van der Waals surface area contributed by atoms with Crippen molar-refractivity contribution in [2.75, 3.05) is 6.61 Å². The molecule has 0 bridgehead atoms. The number of fused-ring (bicyclic) bond motifs is 1. The summed E-state index contributed by atoms with van der Waals surface area (Å²) in [7, 11) is 0. The number of aryl methyl sites for hydroxylation is 1. The van der Waals surface area contributed by atoms with Gasteiger partial charge in [0, 0.05) is 17.5 Å². The lowest BCUT2D eigenvalue weighted by atomic mass is 9.93. The Kier molecular flexibility index (Phi) is 2.96. The van der Waals surface area contributed by atoms with Gasteiger partial charge in [-0.1, -0.05) is 6.92 Å². The Bertz CT molecular complexity index is 465. The summed E-state index contributed by atoms with van der Waals surface area (Å²) < 4.78 is 5.46. The molecule has 1 atom stereocenters. The molecule has 2 rings (SSSR count). The quantitative estimate of drug-likeness (QED) is 0.841. The van der Waals surface area contributed by atoms with Crippen molar-refractivity contribution >= 4 is 5.97 Å². The summed E-state index contributed by atoms with van der Waals surface area (Å²) in [5.74, 6) is -0.360. The molecule has 1 aliphatic rings. The van der Waals surface area contributed by atoms with E-state index in [0.717, 1.165) is 28.9 Å². The second-order valence-electron chi connectivity index (χ2n) is 4.54. The fourth-order valence-electron chi connectivity index (χ4n) is 2.16. The normalized spacial score (nSPS) is 15.2. The molecule has 92 valence electrons. The van der Waals surface area contributed by atoms with Crippen LogP contribution in [0.4, 0.5) is 0 Å². The molecular weight excluding hydrogens is 220 g/mol. The minimum Gasteiger partial charge on any atom is -0.507 e. The standard InChI is InChI=1S/C13H16O4/c1-7-6-11-9(3-4-17-11)10(12(7)14)5-8(2)13(15)16/h6,8,14H,3-5H2,1-2H3,(H,15,16). The largest absolute Gasteiger partial charge is 0.507 e. The first kappa shape index (κ1) is 11.8. The average Bonchev–Trinajstić information content (AvgIpc) is 2.71. The molecule has 0 saturated heterocycles. The molecule has 0 amide bonds. The number of benzene rings is 1. The first-order valence-corrected chi connectivity index (χ1v) is 5.70. The number of rotatable bonds is 3. The summed E-state index contributed by atoms with van der Waals surface area (Å²) >= 11 is 0. The number of hydrogen-bond acceptors (Lipinski definition) is 3. The Morgan fingerprint density at radius 1 is 1.59 bits per heavy atom. The van der Waals surface area contributed by atoms with E-state index >= 15 is 0 Å². The molecule has 0 saturated carbocycles. The van der Waals surface area contributed by atoms with Gasteiger partial charge in [-0.3, -0.25) is 4.79 Å². The van der Waals surface area contributed by atoms with Crippen LogP contribution in [0, 0.1) is 12.8 Å². The van der Waals surface area contributed by atoms with Gasteiger partial charge in [-0.05, 0) is 25.0 Å². The second kappa shape index (κ2) is 4.28. The monoisotopic (exact) mass is 236 g/mol. The summed E-state index contributed by atoms with van der Waals surface area (Å²) in [5.41, 5.74) is 2.42. The van der Waals surface area contributed by atoms with Crippen LogP contribution < -0.4 is 4.74 Å². The lowest BCUT2D eigenvalue weighted by molar-refractivity contribution is -0.141. The number of ether oxygens (including phenoxy) is 1. The molecule has 0 aromatic heterocycles.